The second kappa shape index (κ2) is 6.46. The average Bonchev–Trinajstić information content (AvgIpc) is 2.80. The zero-order valence-corrected chi connectivity index (χ0v) is 12.5. The summed E-state index contributed by atoms with van der Waals surface area (Å²) in [6.07, 6.45) is 0.700. The average molecular weight is 299 g/mol. The minimum Gasteiger partial charge on any atom is -0.309 e. The molecule has 0 spiro atoms. The molecule has 1 aromatic carbocycles. The van der Waals surface area contributed by atoms with Crippen molar-refractivity contribution in [1.82, 2.24) is 10.3 Å². The van der Waals surface area contributed by atoms with E-state index >= 15 is 0 Å². The molecule has 0 aliphatic carbocycles. The first kappa shape index (κ1) is 14.4. The molecule has 2 rings (SSSR count). The summed E-state index contributed by atoms with van der Waals surface area (Å²) in [5.74, 6) is -0.371. The van der Waals surface area contributed by atoms with Crippen LogP contribution in [0.5, 0.6) is 0 Å². The van der Waals surface area contributed by atoms with Gasteiger partial charge in [0.2, 0.25) is 0 Å². The van der Waals surface area contributed by atoms with Gasteiger partial charge in [0.25, 0.3) is 0 Å². The summed E-state index contributed by atoms with van der Waals surface area (Å²) in [6.45, 7) is 4.88. The molecule has 0 bridgehead atoms. The van der Waals surface area contributed by atoms with Crippen LogP contribution in [-0.2, 0) is 6.42 Å². The summed E-state index contributed by atoms with van der Waals surface area (Å²) < 4.78 is 13.5. The highest BCUT2D eigenvalue weighted by molar-refractivity contribution is 7.09. The van der Waals surface area contributed by atoms with E-state index in [4.69, 9.17) is 11.6 Å². The summed E-state index contributed by atoms with van der Waals surface area (Å²) in [7, 11) is 0. The van der Waals surface area contributed by atoms with Crippen LogP contribution in [0.2, 0.25) is 5.02 Å². The highest BCUT2D eigenvalue weighted by Crippen LogP contribution is 2.23. The highest BCUT2D eigenvalue weighted by atomic mass is 35.5. The monoisotopic (exact) mass is 298 g/mol. The van der Waals surface area contributed by atoms with Crippen molar-refractivity contribution >= 4 is 22.9 Å². The minimum absolute atomic E-state index is 0.107. The van der Waals surface area contributed by atoms with Gasteiger partial charge in [-0.05, 0) is 37.6 Å². The van der Waals surface area contributed by atoms with Crippen molar-refractivity contribution in [2.75, 3.05) is 6.54 Å². The maximum Gasteiger partial charge on any atom is 0.142 e. The third-order valence-corrected chi connectivity index (χ3v) is 3.97. The Labute approximate surface area is 121 Å². The Bertz CT molecular complexity index is 556. The Morgan fingerprint density at radius 3 is 2.84 bits per heavy atom. The van der Waals surface area contributed by atoms with Crippen molar-refractivity contribution in [1.29, 1.82) is 0 Å². The van der Waals surface area contributed by atoms with Crippen LogP contribution in [0.25, 0.3) is 0 Å². The van der Waals surface area contributed by atoms with Crippen LogP contribution in [0.1, 0.15) is 29.2 Å². The largest absolute Gasteiger partial charge is 0.309 e. The lowest BCUT2D eigenvalue weighted by atomic mass is 10.0. The molecule has 0 saturated carbocycles. The van der Waals surface area contributed by atoms with Gasteiger partial charge in [0.05, 0.1) is 21.8 Å². The first-order valence-corrected chi connectivity index (χ1v) is 7.45. The molecule has 1 unspecified atom stereocenters. The van der Waals surface area contributed by atoms with Crippen molar-refractivity contribution in [2.24, 2.45) is 0 Å². The number of benzene rings is 1. The molecule has 0 fully saturated rings. The summed E-state index contributed by atoms with van der Waals surface area (Å²) >= 11 is 7.33. The van der Waals surface area contributed by atoms with Crippen LogP contribution in [0.15, 0.2) is 23.6 Å². The molecule has 1 aromatic heterocycles. The summed E-state index contributed by atoms with van der Waals surface area (Å²) in [5, 5.41) is 6.64. The third-order valence-electron chi connectivity index (χ3n) is 2.87. The number of aryl methyl sites for hydroxylation is 1. The Morgan fingerprint density at radius 2 is 2.26 bits per heavy atom. The fourth-order valence-corrected chi connectivity index (χ4v) is 2.75. The van der Waals surface area contributed by atoms with Gasteiger partial charge in [0.15, 0.2) is 0 Å². The number of nitrogens with one attached hydrogen (secondary N) is 1. The van der Waals surface area contributed by atoms with Crippen molar-refractivity contribution < 1.29 is 4.39 Å². The van der Waals surface area contributed by atoms with E-state index in [2.05, 4.69) is 22.6 Å². The van der Waals surface area contributed by atoms with Crippen LogP contribution in [0.3, 0.4) is 0 Å². The number of hydrogen-bond acceptors (Lipinski definition) is 3. The van der Waals surface area contributed by atoms with E-state index in [1.807, 2.05) is 13.0 Å². The van der Waals surface area contributed by atoms with Crippen molar-refractivity contribution in [3.8, 4) is 0 Å². The van der Waals surface area contributed by atoms with E-state index in [9.17, 15) is 4.39 Å². The molecule has 0 amide bonds. The van der Waals surface area contributed by atoms with Gasteiger partial charge in [-0.1, -0.05) is 24.6 Å². The molecule has 0 radical (unpaired) electrons. The predicted molar refractivity (Wildman–Crippen MR) is 78.4 cm³/mol. The summed E-state index contributed by atoms with van der Waals surface area (Å²) in [4.78, 5) is 4.50. The zero-order chi connectivity index (χ0) is 13.8. The van der Waals surface area contributed by atoms with Crippen LogP contribution < -0.4 is 5.32 Å². The number of rotatable bonds is 5. The molecule has 19 heavy (non-hydrogen) atoms. The van der Waals surface area contributed by atoms with Gasteiger partial charge in [-0.3, -0.25) is 0 Å². The molecule has 0 aliphatic rings. The van der Waals surface area contributed by atoms with E-state index in [1.165, 1.54) is 6.07 Å². The molecule has 0 saturated heterocycles. The first-order valence-electron chi connectivity index (χ1n) is 6.19. The molecule has 5 heteroatoms. The zero-order valence-electron chi connectivity index (χ0n) is 10.9. The molecule has 1 atom stereocenters. The van der Waals surface area contributed by atoms with E-state index in [1.54, 1.807) is 17.4 Å². The molecule has 2 nitrogen and oxygen atoms in total. The summed E-state index contributed by atoms with van der Waals surface area (Å²) in [6, 6.07) is 5.05. The number of likely N-dealkylation sites (N-methyl/N-ethyl adjacent to an activating group) is 1. The number of thiazole rings is 1. The first-order chi connectivity index (χ1) is 9.10. The van der Waals surface area contributed by atoms with Crippen LogP contribution in [0.4, 0.5) is 4.39 Å². The van der Waals surface area contributed by atoms with Gasteiger partial charge in [-0.2, -0.15) is 0 Å². The molecular weight excluding hydrogens is 283 g/mol. The Kier molecular flexibility index (Phi) is 4.91. The van der Waals surface area contributed by atoms with Crippen LogP contribution >= 0.6 is 22.9 Å². The maximum absolute atomic E-state index is 13.5. The van der Waals surface area contributed by atoms with Gasteiger partial charge in [0, 0.05) is 5.38 Å². The Balaban J connectivity index is 2.18. The predicted octanol–water partition coefficient (Wildman–Crippen LogP) is 4.14. The Morgan fingerprint density at radius 1 is 1.47 bits per heavy atom. The van der Waals surface area contributed by atoms with Gasteiger partial charge >= 0.3 is 0 Å². The fourth-order valence-electron chi connectivity index (χ4n) is 1.97. The SMILES string of the molecule is CCNC(Cc1ccc(Cl)c(F)c1)c1csc(C)n1. The van der Waals surface area contributed by atoms with E-state index in [0.29, 0.717) is 6.42 Å². The van der Waals surface area contributed by atoms with E-state index < -0.39 is 0 Å². The highest BCUT2D eigenvalue weighted by Gasteiger charge is 2.15. The van der Waals surface area contributed by atoms with E-state index in [-0.39, 0.29) is 16.9 Å². The number of nitrogens with zero attached hydrogens (tertiary/aromatic N) is 1. The van der Waals surface area contributed by atoms with Crippen molar-refractivity contribution in [3.05, 3.63) is 50.7 Å². The molecule has 102 valence electrons. The van der Waals surface area contributed by atoms with Gasteiger partial charge < -0.3 is 5.32 Å². The Hall–Kier alpha value is -0.970. The van der Waals surface area contributed by atoms with Crippen molar-refractivity contribution in [3.63, 3.8) is 0 Å². The quantitative estimate of drug-likeness (QED) is 0.897. The maximum atomic E-state index is 13.5. The lowest BCUT2D eigenvalue weighted by molar-refractivity contribution is 0.536. The minimum atomic E-state index is -0.371. The molecule has 1 N–H and O–H groups in total. The molecule has 0 aliphatic heterocycles. The molecule has 2 aromatic rings. The fraction of sp³-hybridized carbons (Fsp3) is 0.357. The molecular formula is C14H16ClFN2S. The van der Waals surface area contributed by atoms with Crippen LogP contribution in [0, 0.1) is 12.7 Å². The lowest BCUT2D eigenvalue weighted by Gasteiger charge is -2.16. The smallest absolute Gasteiger partial charge is 0.142 e. The van der Waals surface area contributed by atoms with E-state index in [0.717, 1.165) is 22.8 Å². The van der Waals surface area contributed by atoms with Gasteiger partial charge in [0.1, 0.15) is 5.82 Å². The third kappa shape index (κ3) is 3.75. The number of hydrogen-bond donors (Lipinski definition) is 1. The topological polar surface area (TPSA) is 24.9 Å². The standard InChI is InChI=1S/C14H16ClFN2S/c1-3-17-13(14-8-19-9(2)18-14)7-10-4-5-11(15)12(16)6-10/h4-6,8,13,17H,3,7H2,1-2H3. The van der Waals surface area contributed by atoms with Gasteiger partial charge in [-0.15, -0.1) is 11.3 Å². The second-order valence-corrected chi connectivity index (χ2v) is 5.82. The van der Waals surface area contributed by atoms with Crippen molar-refractivity contribution in [2.45, 2.75) is 26.3 Å². The lowest BCUT2D eigenvalue weighted by Crippen LogP contribution is -2.23. The second-order valence-electron chi connectivity index (χ2n) is 4.35. The number of halogens is 2. The van der Waals surface area contributed by atoms with Gasteiger partial charge in [-0.25, -0.2) is 9.37 Å². The molecule has 1 heterocycles. The summed E-state index contributed by atoms with van der Waals surface area (Å²) in [5.41, 5.74) is 1.93. The number of aromatic nitrogens is 1. The van der Waals surface area contributed by atoms with Crippen LogP contribution in [-0.4, -0.2) is 11.5 Å². The normalized spacial score (nSPS) is 12.6.